The summed E-state index contributed by atoms with van der Waals surface area (Å²) in [6.45, 7) is 0.590. The van der Waals surface area contributed by atoms with Crippen LogP contribution in [0.15, 0.2) is 18.3 Å². The van der Waals surface area contributed by atoms with Gasteiger partial charge in [-0.3, -0.25) is 4.79 Å². The number of hydrogen-bond acceptors (Lipinski definition) is 3. The van der Waals surface area contributed by atoms with Gasteiger partial charge in [-0.2, -0.15) is 0 Å². The van der Waals surface area contributed by atoms with E-state index in [1.165, 1.54) is 7.11 Å². The fraction of sp³-hybridized carbons (Fsp3) is 0.375. The Morgan fingerprint density at radius 2 is 2.58 bits per heavy atom. The zero-order valence-electron chi connectivity index (χ0n) is 6.96. The van der Waals surface area contributed by atoms with E-state index in [0.717, 1.165) is 5.82 Å². The molecule has 1 aromatic rings. The highest BCUT2D eigenvalue weighted by atomic mass is 16.5. The van der Waals surface area contributed by atoms with Gasteiger partial charge in [0, 0.05) is 12.7 Å². The predicted octanol–water partition coefficient (Wildman–Crippen LogP) is 0.990. The quantitative estimate of drug-likeness (QED) is 0.659. The normalized spacial score (nSPS) is 9.42. The summed E-state index contributed by atoms with van der Waals surface area (Å²) in [4.78, 5) is 13.6. The van der Waals surface area contributed by atoms with Crippen LogP contribution < -0.4 is 5.32 Å². The first-order chi connectivity index (χ1) is 5.83. The van der Waals surface area contributed by atoms with Gasteiger partial charge in [0.05, 0.1) is 13.5 Å². The fourth-order valence-electron chi connectivity index (χ4n) is 0.842. The molecule has 4 heteroatoms. The minimum Gasteiger partial charge on any atom is -0.469 e. The molecule has 0 aromatic carbocycles. The molecule has 2 N–H and O–H groups in total. The van der Waals surface area contributed by atoms with Gasteiger partial charge in [-0.05, 0) is 12.1 Å². The van der Waals surface area contributed by atoms with Crippen molar-refractivity contribution in [1.82, 2.24) is 4.98 Å². The number of carbonyl (C=O) groups excluding carboxylic acids is 1. The van der Waals surface area contributed by atoms with Crippen molar-refractivity contribution < 1.29 is 9.53 Å². The third-order valence-electron chi connectivity index (χ3n) is 1.47. The Kier molecular flexibility index (Phi) is 3.19. The van der Waals surface area contributed by atoms with E-state index in [1.54, 1.807) is 0 Å². The number of nitrogens with one attached hydrogen (secondary N) is 2. The first-order valence-corrected chi connectivity index (χ1v) is 3.77. The Morgan fingerprint density at radius 1 is 1.75 bits per heavy atom. The summed E-state index contributed by atoms with van der Waals surface area (Å²) < 4.78 is 4.48. The van der Waals surface area contributed by atoms with Crippen LogP contribution in [0.2, 0.25) is 0 Å². The Hall–Kier alpha value is -1.45. The average molecular weight is 168 g/mol. The van der Waals surface area contributed by atoms with E-state index in [9.17, 15) is 4.79 Å². The van der Waals surface area contributed by atoms with Crippen LogP contribution >= 0.6 is 0 Å². The molecule has 0 unspecified atom stereocenters. The van der Waals surface area contributed by atoms with Crippen LogP contribution in [-0.4, -0.2) is 24.6 Å². The summed E-state index contributed by atoms with van der Waals surface area (Å²) in [7, 11) is 1.39. The summed E-state index contributed by atoms with van der Waals surface area (Å²) in [6, 6.07) is 3.79. The summed E-state index contributed by atoms with van der Waals surface area (Å²) in [5.41, 5.74) is 0. The van der Waals surface area contributed by atoms with E-state index in [2.05, 4.69) is 15.0 Å². The zero-order valence-corrected chi connectivity index (χ0v) is 6.96. The second kappa shape index (κ2) is 4.43. The monoisotopic (exact) mass is 168 g/mol. The SMILES string of the molecule is COC(=O)CCNc1ccc[nH]1. The second-order valence-corrected chi connectivity index (χ2v) is 2.34. The lowest BCUT2D eigenvalue weighted by Crippen LogP contribution is -2.09. The molecule has 12 heavy (non-hydrogen) atoms. The molecule has 0 saturated heterocycles. The molecule has 66 valence electrons. The maximum atomic E-state index is 10.7. The molecular formula is C8H12N2O2. The van der Waals surface area contributed by atoms with Crippen molar-refractivity contribution in [2.45, 2.75) is 6.42 Å². The van der Waals surface area contributed by atoms with Gasteiger partial charge in [-0.25, -0.2) is 0 Å². The molecule has 0 saturated carbocycles. The van der Waals surface area contributed by atoms with Gasteiger partial charge in [0.2, 0.25) is 0 Å². The van der Waals surface area contributed by atoms with Crippen LogP contribution in [-0.2, 0) is 9.53 Å². The minimum atomic E-state index is -0.200. The molecule has 1 rings (SSSR count). The Labute approximate surface area is 70.9 Å². The molecule has 0 amide bonds. The molecule has 0 aliphatic carbocycles. The van der Waals surface area contributed by atoms with Crippen molar-refractivity contribution in [1.29, 1.82) is 0 Å². The molecule has 1 aromatic heterocycles. The van der Waals surface area contributed by atoms with Crippen LogP contribution in [0.4, 0.5) is 5.82 Å². The van der Waals surface area contributed by atoms with E-state index >= 15 is 0 Å². The van der Waals surface area contributed by atoms with E-state index in [1.807, 2.05) is 18.3 Å². The van der Waals surface area contributed by atoms with Crippen LogP contribution in [0.3, 0.4) is 0 Å². The van der Waals surface area contributed by atoms with E-state index < -0.39 is 0 Å². The zero-order chi connectivity index (χ0) is 8.81. The van der Waals surface area contributed by atoms with Crippen molar-refractivity contribution >= 4 is 11.8 Å². The van der Waals surface area contributed by atoms with Crippen molar-refractivity contribution in [2.24, 2.45) is 0 Å². The second-order valence-electron chi connectivity index (χ2n) is 2.34. The van der Waals surface area contributed by atoms with Crippen LogP contribution in [0.5, 0.6) is 0 Å². The molecule has 0 aliphatic heterocycles. The molecule has 0 fully saturated rings. The van der Waals surface area contributed by atoms with Crippen LogP contribution in [0.1, 0.15) is 6.42 Å². The third-order valence-corrected chi connectivity index (χ3v) is 1.47. The maximum absolute atomic E-state index is 10.7. The first-order valence-electron chi connectivity index (χ1n) is 3.77. The number of aromatic nitrogens is 1. The van der Waals surface area contributed by atoms with Crippen LogP contribution in [0.25, 0.3) is 0 Å². The standard InChI is InChI=1S/C8H12N2O2/c1-12-8(11)4-6-10-7-3-2-5-9-7/h2-3,5,9-10H,4,6H2,1H3. The minimum absolute atomic E-state index is 0.200. The number of ether oxygens (including phenoxy) is 1. The van der Waals surface area contributed by atoms with E-state index in [0.29, 0.717) is 13.0 Å². The molecule has 0 bridgehead atoms. The first kappa shape index (κ1) is 8.64. The van der Waals surface area contributed by atoms with Gasteiger partial charge in [0.15, 0.2) is 0 Å². The molecule has 0 spiro atoms. The lowest BCUT2D eigenvalue weighted by molar-refractivity contribution is -0.140. The molecule has 0 aliphatic rings. The lowest BCUT2D eigenvalue weighted by atomic mass is 10.4. The molecule has 0 radical (unpaired) electrons. The third kappa shape index (κ3) is 2.65. The highest BCUT2D eigenvalue weighted by Gasteiger charge is 1.98. The Bertz CT molecular complexity index is 231. The highest BCUT2D eigenvalue weighted by molar-refractivity contribution is 5.69. The van der Waals surface area contributed by atoms with Crippen molar-refractivity contribution in [2.75, 3.05) is 19.0 Å². The summed E-state index contributed by atoms with van der Waals surface area (Å²) >= 11 is 0. The van der Waals surface area contributed by atoms with Gasteiger partial charge in [0.25, 0.3) is 0 Å². The van der Waals surface area contributed by atoms with E-state index in [4.69, 9.17) is 0 Å². The largest absolute Gasteiger partial charge is 0.469 e. The summed E-state index contributed by atoms with van der Waals surface area (Å²) in [6.07, 6.45) is 2.20. The number of methoxy groups -OCH3 is 1. The molecule has 1 heterocycles. The number of aromatic amines is 1. The molecule has 0 atom stereocenters. The van der Waals surface area contributed by atoms with Crippen molar-refractivity contribution in [3.05, 3.63) is 18.3 Å². The highest BCUT2D eigenvalue weighted by Crippen LogP contribution is 2.00. The van der Waals surface area contributed by atoms with Gasteiger partial charge < -0.3 is 15.0 Å². The smallest absolute Gasteiger partial charge is 0.307 e. The van der Waals surface area contributed by atoms with Gasteiger partial charge in [-0.1, -0.05) is 0 Å². The van der Waals surface area contributed by atoms with Gasteiger partial charge >= 0.3 is 5.97 Å². The van der Waals surface area contributed by atoms with E-state index in [-0.39, 0.29) is 5.97 Å². The maximum Gasteiger partial charge on any atom is 0.307 e. The van der Waals surface area contributed by atoms with Crippen LogP contribution in [0, 0.1) is 0 Å². The number of hydrogen-bond donors (Lipinski definition) is 2. The fourth-order valence-corrected chi connectivity index (χ4v) is 0.842. The Morgan fingerprint density at radius 3 is 3.17 bits per heavy atom. The van der Waals surface area contributed by atoms with Crippen molar-refractivity contribution in [3.8, 4) is 0 Å². The summed E-state index contributed by atoms with van der Waals surface area (Å²) in [5, 5.41) is 3.03. The average Bonchev–Trinajstić information content (AvgIpc) is 2.57. The van der Waals surface area contributed by atoms with Gasteiger partial charge in [0.1, 0.15) is 5.82 Å². The van der Waals surface area contributed by atoms with Gasteiger partial charge in [-0.15, -0.1) is 0 Å². The number of esters is 1. The molecule has 4 nitrogen and oxygen atoms in total. The number of carbonyl (C=O) groups is 1. The van der Waals surface area contributed by atoms with Crippen molar-refractivity contribution in [3.63, 3.8) is 0 Å². The number of H-pyrrole nitrogens is 1. The lowest BCUT2D eigenvalue weighted by Gasteiger charge is -2.01. The predicted molar refractivity (Wildman–Crippen MR) is 45.9 cm³/mol. The summed E-state index contributed by atoms with van der Waals surface area (Å²) in [5.74, 6) is 0.716. The number of rotatable bonds is 4. The Balaban J connectivity index is 2.15. The topological polar surface area (TPSA) is 54.1 Å². The molecular weight excluding hydrogens is 156 g/mol. The number of anilines is 1.